The highest BCUT2D eigenvalue weighted by Crippen LogP contribution is 2.43. The van der Waals surface area contributed by atoms with Crippen LogP contribution in [-0.2, 0) is 23.3 Å². The van der Waals surface area contributed by atoms with Gasteiger partial charge < -0.3 is 33.5 Å². The van der Waals surface area contributed by atoms with E-state index in [-0.39, 0.29) is 18.6 Å². The Morgan fingerprint density at radius 3 is 2.71 bits per heavy atom. The summed E-state index contributed by atoms with van der Waals surface area (Å²) < 4.78 is 37.4. The molecule has 0 aliphatic carbocycles. The Balaban J connectivity index is 1.41. The van der Waals surface area contributed by atoms with Gasteiger partial charge in [0.25, 0.3) is 0 Å². The highest BCUT2D eigenvalue weighted by atomic mass is 31.2. The van der Waals surface area contributed by atoms with Gasteiger partial charge >= 0.3 is 6.03 Å². The van der Waals surface area contributed by atoms with Crippen molar-refractivity contribution >= 4 is 36.7 Å². The van der Waals surface area contributed by atoms with Gasteiger partial charge in [-0.25, -0.2) is 19.7 Å². The molecule has 2 aromatic heterocycles. The van der Waals surface area contributed by atoms with Crippen molar-refractivity contribution in [1.29, 1.82) is 0 Å². The van der Waals surface area contributed by atoms with E-state index in [4.69, 9.17) is 18.7 Å². The van der Waals surface area contributed by atoms with Crippen LogP contribution in [0.15, 0.2) is 49.1 Å². The quantitative estimate of drug-likeness (QED) is 0.383. The average Bonchev–Trinajstić information content (AvgIpc) is 3.61. The molecule has 13 nitrogen and oxygen atoms in total. The predicted molar refractivity (Wildman–Crippen MR) is 135 cm³/mol. The van der Waals surface area contributed by atoms with Gasteiger partial charge in [0.2, 0.25) is 0 Å². The Morgan fingerprint density at radius 2 is 1.95 bits per heavy atom. The highest BCUT2D eigenvalue weighted by molar-refractivity contribution is 7.51. The minimum absolute atomic E-state index is 0.137. The van der Waals surface area contributed by atoms with Crippen LogP contribution in [0.5, 0.6) is 0 Å². The van der Waals surface area contributed by atoms with E-state index in [1.54, 1.807) is 17.6 Å². The number of carbonyl (C=O) groups excluding carboxylic acids is 1. The average molecular weight is 543 g/mol. The molecule has 5 rings (SSSR count). The first-order valence-electron chi connectivity index (χ1n) is 12.2. The first kappa shape index (κ1) is 26.4. The van der Waals surface area contributed by atoms with Gasteiger partial charge in [-0.1, -0.05) is 43.3 Å². The number of amides is 2. The topological polar surface area (TPSA) is 162 Å². The largest absolute Gasteiger partial charge is 0.779 e. The number of ether oxygens (including phenoxy) is 3. The number of nitrogens with zero attached hydrogens (tertiary/aromatic N) is 4. The Morgan fingerprint density at radius 1 is 1.16 bits per heavy atom. The second-order valence-corrected chi connectivity index (χ2v) is 10.8. The molecule has 0 saturated carbocycles. The summed E-state index contributed by atoms with van der Waals surface area (Å²) in [7, 11) is -4.00. The van der Waals surface area contributed by atoms with Gasteiger partial charge in [0.1, 0.15) is 32.2 Å². The number of urea groups is 1. The van der Waals surface area contributed by atoms with E-state index in [1.807, 2.05) is 36.4 Å². The fourth-order valence-corrected chi connectivity index (χ4v) is 4.84. The number of hydrogen-bond donors (Lipinski definition) is 2. The van der Waals surface area contributed by atoms with E-state index in [1.165, 1.54) is 19.6 Å². The van der Waals surface area contributed by atoms with Crippen molar-refractivity contribution in [3.05, 3.63) is 54.6 Å². The normalized spacial score (nSPS) is 26.4. The lowest BCUT2D eigenvalue weighted by molar-refractivity contribution is -0.203. The van der Waals surface area contributed by atoms with Gasteiger partial charge in [0.05, 0.1) is 12.9 Å². The van der Waals surface area contributed by atoms with Crippen LogP contribution in [0.3, 0.4) is 0 Å². The summed E-state index contributed by atoms with van der Waals surface area (Å²) in [6, 6.07) is 9.27. The highest BCUT2D eigenvalue weighted by Gasteiger charge is 2.53. The molecule has 4 heterocycles. The van der Waals surface area contributed by atoms with Crippen molar-refractivity contribution < 1.29 is 33.0 Å². The minimum Gasteiger partial charge on any atom is -0.779 e. The number of aromatic nitrogens is 4. The fraction of sp³-hybridized carbons (Fsp3) is 0.417. The molecule has 2 fully saturated rings. The number of hydrogen-bond acceptors (Lipinski definition) is 10. The van der Waals surface area contributed by atoms with Crippen LogP contribution in [-0.4, -0.2) is 69.5 Å². The molecule has 2 aliphatic rings. The Kier molecular flexibility index (Phi) is 7.84. The second kappa shape index (κ2) is 11.3. The van der Waals surface area contributed by atoms with Gasteiger partial charge in [0.15, 0.2) is 29.5 Å². The van der Waals surface area contributed by atoms with Crippen molar-refractivity contribution in [1.82, 2.24) is 24.8 Å². The van der Waals surface area contributed by atoms with Crippen molar-refractivity contribution in [3.8, 4) is 0 Å². The fourth-order valence-electron chi connectivity index (χ4n) is 4.28. The number of nitrogens with one attached hydrogen (secondary N) is 2. The molecule has 6 atom stereocenters. The Hall–Kier alpha value is -3.19. The number of carbonyl (C=O) groups is 1. The molecule has 2 amide bonds. The van der Waals surface area contributed by atoms with Crippen molar-refractivity contribution in [2.45, 2.75) is 44.7 Å². The summed E-state index contributed by atoms with van der Waals surface area (Å²) in [6.07, 6.45) is 2.93. The van der Waals surface area contributed by atoms with Crippen molar-refractivity contribution in [3.63, 3.8) is 0 Å². The zero-order valence-electron chi connectivity index (χ0n) is 20.8. The van der Waals surface area contributed by atoms with Crippen LogP contribution in [0.1, 0.15) is 25.6 Å². The third-order valence-corrected chi connectivity index (χ3v) is 7.46. The van der Waals surface area contributed by atoms with E-state index in [9.17, 15) is 14.3 Å². The number of anilines is 1. The van der Waals surface area contributed by atoms with Gasteiger partial charge in [-0.15, -0.1) is 0 Å². The summed E-state index contributed by atoms with van der Waals surface area (Å²) in [4.78, 5) is 36.9. The van der Waals surface area contributed by atoms with E-state index in [0.29, 0.717) is 17.7 Å². The number of benzene rings is 1. The van der Waals surface area contributed by atoms with E-state index in [0.717, 1.165) is 5.56 Å². The van der Waals surface area contributed by atoms with E-state index in [2.05, 4.69) is 25.6 Å². The summed E-state index contributed by atoms with van der Waals surface area (Å²) in [6.45, 7) is 3.53. The summed E-state index contributed by atoms with van der Waals surface area (Å²) >= 11 is 0. The van der Waals surface area contributed by atoms with Gasteiger partial charge in [-0.2, -0.15) is 0 Å². The van der Waals surface area contributed by atoms with Crippen LogP contribution < -0.4 is 15.5 Å². The molecule has 0 radical (unpaired) electrons. The zero-order chi connectivity index (χ0) is 26.7. The van der Waals surface area contributed by atoms with Crippen LogP contribution >= 0.6 is 7.60 Å². The lowest BCUT2D eigenvalue weighted by Gasteiger charge is -2.25. The van der Waals surface area contributed by atoms with E-state index < -0.39 is 44.5 Å². The third-order valence-electron chi connectivity index (χ3n) is 6.14. The van der Waals surface area contributed by atoms with Gasteiger partial charge in [-0.05, 0) is 18.6 Å². The summed E-state index contributed by atoms with van der Waals surface area (Å²) in [5, 5.41) is 5.30. The van der Waals surface area contributed by atoms with Gasteiger partial charge in [-0.3, -0.25) is 9.88 Å². The Bertz CT molecular complexity index is 1350. The molecule has 2 aliphatic heterocycles. The molecule has 0 spiro atoms. The maximum Gasteiger partial charge on any atom is 0.320 e. The molecule has 38 heavy (non-hydrogen) atoms. The van der Waals surface area contributed by atoms with Crippen molar-refractivity contribution in [2.75, 3.05) is 24.6 Å². The molecule has 2 saturated heterocycles. The molecular formula is C24H28N6O7P-. The van der Waals surface area contributed by atoms with Crippen LogP contribution in [0, 0.1) is 0 Å². The van der Waals surface area contributed by atoms with Gasteiger partial charge in [0, 0.05) is 12.7 Å². The molecular weight excluding hydrogens is 515 g/mol. The predicted octanol–water partition coefficient (Wildman–Crippen LogP) is 2.28. The second-order valence-electron chi connectivity index (χ2n) is 8.66. The molecule has 202 valence electrons. The van der Waals surface area contributed by atoms with Crippen LogP contribution in [0.4, 0.5) is 10.6 Å². The smallest absolute Gasteiger partial charge is 0.320 e. The van der Waals surface area contributed by atoms with E-state index >= 15 is 0 Å². The van der Waals surface area contributed by atoms with Crippen LogP contribution in [0.25, 0.3) is 17.2 Å². The minimum atomic E-state index is -4.00. The Labute approximate surface area is 218 Å². The molecule has 0 bridgehead atoms. The zero-order valence-corrected chi connectivity index (χ0v) is 21.7. The molecule has 1 aromatic carbocycles. The maximum absolute atomic E-state index is 12.0. The monoisotopic (exact) mass is 543 g/mol. The standard InChI is InChI=1S/C24H29N6O7P/c1-3-25-24(31)29-21-18-22(27-13-26-21)30(14-28-18)23-20-19(16(35-23)12-34-38(32,33)4-2)36-17(37-20)11-10-15-8-6-5-7-9-15/h5-11,13-14,16-17,19-20,23H,3-4,12H2,1-2H3,(H,32,33)(H2,25,26,27,29,31)/p-1/b11-10+/t16-,17+,19+,20+,23-/m1/s1. The summed E-state index contributed by atoms with van der Waals surface area (Å²) in [5.41, 5.74) is 1.73. The third kappa shape index (κ3) is 5.63. The first-order valence-corrected chi connectivity index (χ1v) is 14.0. The first-order chi connectivity index (χ1) is 18.4. The molecule has 3 aromatic rings. The SMILES string of the molecule is CCNC(=O)Nc1ncnc2c1ncn2[C@@H]1O[C@H](COP(=O)([O-])CC)[C@@H]2O[C@H](/C=C/c3ccccc3)O[C@@H]21. The lowest BCUT2D eigenvalue weighted by atomic mass is 10.1. The molecule has 2 N–H and O–H groups in total. The lowest BCUT2D eigenvalue weighted by Crippen LogP contribution is -2.32. The molecule has 1 unspecified atom stereocenters. The molecule has 14 heteroatoms. The number of rotatable bonds is 9. The van der Waals surface area contributed by atoms with Crippen LogP contribution in [0.2, 0.25) is 0 Å². The number of imidazole rings is 1. The number of fused-ring (bicyclic) bond motifs is 2. The summed E-state index contributed by atoms with van der Waals surface area (Å²) in [5.74, 6) is 0.233. The van der Waals surface area contributed by atoms with Crippen molar-refractivity contribution in [2.24, 2.45) is 0 Å². The maximum atomic E-state index is 12.0.